The maximum Gasteiger partial charge on any atom is 0.456 e. The molecular weight excluding hydrogens is 171 g/mol. The largest absolute Gasteiger partial charge is 0.456 e. The van der Waals surface area contributed by atoms with Crippen molar-refractivity contribution in [2.45, 2.75) is 37.5 Å². The molecule has 5 nitrogen and oxygen atoms in total. The fraction of sp³-hybridized carbons (Fsp3) is 0.857. The molecule has 6 heteroatoms. The lowest BCUT2D eigenvalue weighted by Gasteiger charge is -2.30. The van der Waals surface area contributed by atoms with E-state index in [1.165, 1.54) is 0 Å². The van der Waals surface area contributed by atoms with E-state index in [4.69, 9.17) is 15.8 Å². The van der Waals surface area contributed by atoms with Crippen molar-refractivity contribution in [1.82, 2.24) is 5.32 Å². The summed E-state index contributed by atoms with van der Waals surface area (Å²) in [5.74, 6) is -0.277. The molecule has 1 aliphatic rings. The highest BCUT2D eigenvalue weighted by Gasteiger charge is 2.34. The summed E-state index contributed by atoms with van der Waals surface area (Å²) in [4.78, 5) is 10.6. The first-order chi connectivity index (χ1) is 6.11. The summed E-state index contributed by atoms with van der Waals surface area (Å²) in [6.07, 6.45) is 3.46. The molecule has 5 N–H and O–H groups in total. The fourth-order valence-electron chi connectivity index (χ4n) is 1.88. The number of carbonyl (C=O) groups excluding carboxylic acids is 1. The van der Waals surface area contributed by atoms with Crippen molar-refractivity contribution in [2.75, 3.05) is 0 Å². The summed E-state index contributed by atoms with van der Waals surface area (Å²) in [6.45, 7) is 0. The van der Waals surface area contributed by atoms with Gasteiger partial charge in [-0.05, 0) is 6.42 Å². The van der Waals surface area contributed by atoms with E-state index in [1.807, 2.05) is 0 Å². The zero-order valence-electron chi connectivity index (χ0n) is 7.44. The number of urea groups is 1. The average molecular weight is 186 g/mol. The van der Waals surface area contributed by atoms with Crippen LogP contribution in [-0.4, -0.2) is 29.2 Å². The van der Waals surface area contributed by atoms with Crippen molar-refractivity contribution in [3.8, 4) is 0 Å². The lowest BCUT2D eigenvalue weighted by atomic mass is 9.62. The Morgan fingerprint density at radius 2 is 2.00 bits per heavy atom. The number of hydrogen-bond donors (Lipinski definition) is 4. The average Bonchev–Trinajstić information content (AvgIpc) is 2.03. The van der Waals surface area contributed by atoms with Crippen LogP contribution in [0, 0.1) is 0 Å². The topological polar surface area (TPSA) is 95.6 Å². The van der Waals surface area contributed by atoms with Crippen LogP contribution in [0.2, 0.25) is 5.82 Å². The van der Waals surface area contributed by atoms with E-state index in [0.29, 0.717) is 0 Å². The van der Waals surface area contributed by atoms with Crippen molar-refractivity contribution in [3.05, 3.63) is 0 Å². The Kier molecular flexibility index (Phi) is 3.56. The Balaban J connectivity index is 2.51. The van der Waals surface area contributed by atoms with E-state index in [-0.39, 0.29) is 11.9 Å². The second-order valence-corrected chi connectivity index (χ2v) is 3.48. The van der Waals surface area contributed by atoms with Crippen LogP contribution in [0.25, 0.3) is 0 Å². The van der Waals surface area contributed by atoms with Gasteiger partial charge in [0, 0.05) is 11.9 Å². The molecule has 0 aromatic heterocycles. The van der Waals surface area contributed by atoms with Crippen LogP contribution in [0.15, 0.2) is 0 Å². The summed E-state index contributed by atoms with van der Waals surface area (Å²) in [5, 5.41) is 20.6. The Morgan fingerprint density at radius 1 is 1.38 bits per heavy atom. The normalized spacial score (nSPS) is 28.2. The fourth-order valence-corrected chi connectivity index (χ4v) is 1.88. The number of amides is 2. The van der Waals surface area contributed by atoms with Crippen molar-refractivity contribution >= 4 is 13.1 Å². The zero-order valence-corrected chi connectivity index (χ0v) is 7.44. The van der Waals surface area contributed by atoms with Crippen molar-refractivity contribution < 1.29 is 14.8 Å². The molecule has 1 saturated carbocycles. The van der Waals surface area contributed by atoms with Crippen LogP contribution in [-0.2, 0) is 0 Å². The molecule has 0 aromatic carbocycles. The molecule has 13 heavy (non-hydrogen) atoms. The highest BCUT2D eigenvalue weighted by Crippen LogP contribution is 2.29. The van der Waals surface area contributed by atoms with Crippen LogP contribution < -0.4 is 11.1 Å². The minimum atomic E-state index is -1.36. The van der Waals surface area contributed by atoms with E-state index in [1.54, 1.807) is 0 Å². The standard InChI is InChI=1S/C7H15BN2O3/c9-7(11)10-6-4-2-1-3-5(6)8(12)13/h5-6,12-13H,1-4H2,(H3,9,10,11). The summed E-state index contributed by atoms with van der Waals surface area (Å²) < 4.78 is 0. The third-order valence-corrected chi connectivity index (χ3v) is 2.53. The molecule has 2 amide bonds. The molecule has 0 aromatic rings. The van der Waals surface area contributed by atoms with Gasteiger partial charge in [-0.25, -0.2) is 4.79 Å². The van der Waals surface area contributed by atoms with Gasteiger partial charge in [0.2, 0.25) is 0 Å². The monoisotopic (exact) mass is 186 g/mol. The van der Waals surface area contributed by atoms with E-state index < -0.39 is 13.1 Å². The third kappa shape index (κ3) is 2.89. The highest BCUT2D eigenvalue weighted by molar-refractivity contribution is 6.43. The molecule has 0 bridgehead atoms. The highest BCUT2D eigenvalue weighted by atomic mass is 16.4. The molecule has 74 valence electrons. The van der Waals surface area contributed by atoms with E-state index >= 15 is 0 Å². The van der Waals surface area contributed by atoms with Crippen molar-refractivity contribution in [2.24, 2.45) is 5.73 Å². The first kappa shape index (κ1) is 10.3. The van der Waals surface area contributed by atoms with Gasteiger partial charge in [-0.15, -0.1) is 0 Å². The minimum absolute atomic E-state index is 0.189. The summed E-state index contributed by atoms with van der Waals surface area (Å²) in [7, 11) is -1.36. The molecule has 0 aliphatic heterocycles. The second-order valence-electron chi connectivity index (χ2n) is 3.48. The molecule has 0 radical (unpaired) electrons. The Bertz CT molecular complexity index is 189. The SMILES string of the molecule is NC(=O)NC1CCCCC1B(O)O. The Hall–Kier alpha value is -0.745. The van der Waals surface area contributed by atoms with Gasteiger partial charge in [-0.3, -0.25) is 0 Å². The summed E-state index contributed by atoms with van der Waals surface area (Å²) >= 11 is 0. The van der Waals surface area contributed by atoms with Gasteiger partial charge in [-0.1, -0.05) is 19.3 Å². The van der Waals surface area contributed by atoms with Crippen LogP contribution >= 0.6 is 0 Å². The Morgan fingerprint density at radius 3 is 2.54 bits per heavy atom. The smallest absolute Gasteiger partial charge is 0.427 e. The van der Waals surface area contributed by atoms with Gasteiger partial charge < -0.3 is 21.1 Å². The van der Waals surface area contributed by atoms with Gasteiger partial charge in [0.25, 0.3) is 0 Å². The molecule has 1 fully saturated rings. The van der Waals surface area contributed by atoms with Crippen LogP contribution in [0.3, 0.4) is 0 Å². The number of primary amides is 1. The van der Waals surface area contributed by atoms with E-state index in [9.17, 15) is 4.79 Å². The first-order valence-electron chi connectivity index (χ1n) is 4.53. The quantitative estimate of drug-likeness (QED) is 0.435. The molecular formula is C7H15BN2O3. The van der Waals surface area contributed by atoms with Gasteiger partial charge >= 0.3 is 13.1 Å². The molecule has 2 atom stereocenters. The summed E-state index contributed by atoms with van der Waals surface area (Å²) in [5.41, 5.74) is 4.97. The summed E-state index contributed by atoms with van der Waals surface area (Å²) in [6, 6.07) is -0.788. The molecule has 0 spiro atoms. The molecule has 2 unspecified atom stereocenters. The van der Waals surface area contributed by atoms with Gasteiger partial charge in [0.05, 0.1) is 0 Å². The van der Waals surface area contributed by atoms with Gasteiger partial charge in [-0.2, -0.15) is 0 Å². The van der Waals surface area contributed by atoms with E-state index in [0.717, 1.165) is 25.7 Å². The predicted octanol–water partition coefficient (Wildman–Crippen LogP) is -0.560. The maximum absolute atomic E-state index is 10.6. The second kappa shape index (κ2) is 4.48. The van der Waals surface area contributed by atoms with Crippen LogP contribution in [0.1, 0.15) is 25.7 Å². The molecule has 0 heterocycles. The third-order valence-electron chi connectivity index (χ3n) is 2.53. The predicted molar refractivity (Wildman–Crippen MR) is 48.9 cm³/mol. The first-order valence-corrected chi connectivity index (χ1v) is 4.53. The molecule has 1 aliphatic carbocycles. The van der Waals surface area contributed by atoms with Crippen molar-refractivity contribution in [1.29, 1.82) is 0 Å². The Labute approximate surface area is 77.5 Å². The zero-order chi connectivity index (χ0) is 9.84. The minimum Gasteiger partial charge on any atom is -0.427 e. The number of nitrogens with two attached hydrogens (primary N) is 1. The lowest BCUT2D eigenvalue weighted by molar-refractivity contribution is 0.237. The lowest BCUT2D eigenvalue weighted by Crippen LogP contribution is -2.46. The number of hydrogen-bond acceptors (Lipinski definition) is 3. The van der Waals surface area contributed by atoms with Crippen molar-refractivity contribution in [3.63, 3.8) is 0 Å². The van der Waals surface area contributed by atoms with Crippen LogP contribution in [0.5, 0.6) is 0 Å². The molecule has 1 rings (SSSR count). The number of carbonyl (C=O) groups is 1. The van der Waals surface area contributed by atoms with Crippen LogP contribution in [0.4, 0.5) is 4.79 Å². The maximum atomic E-state index is 10.6. The number of rotatable bonds is 2. The molecule has 0 saturated heterocycles. The van der Waals surface area contributed by atoms with Gasteiger partial charge in [0.15, 0.2) is 0 Å². The number of nitrogens with one attached hydrogen (secondary N) is 1. The van der Waals surface area contributed by atoms with E-state index in [2.05, 4.69) is 5.32 Å². The van der Waals surface area contributed by atoms with Gasteiger partial charge in [0.1, 0.15) is 0 Å².